The summed E-state index contributed by atoms with van der Waals surface area (Å²) in [5.74, 6) is 0.227. The Hall–Kier alpha value is -1.31. The second-order valence-electron chi connectivity index (χ2n) is 5.08. The van der Waals surface area contributed by atoms with Gasteiger partial charge in [0.1, 0.15) is 0 Å². The maximum Gasteiger partial charge on any atom is 0.227 e. The zero-order chi connectivity index (χ0) is 13.0. The summed E-state index contributed by atoms with van der Waals surface area (Å²) in [4.78, 5) is 13.4. The number of hydrogen-bond acceptors (Lipinski definition) is 1. The Morgan fingerprint density at radius 2 is 2.06 bits per heavy atom. The summed E-state index contributed by atoms with van der Waals surface area (Å²) >= 11 is 0. The Balaban J connectivity index is 2.01. The van der Waals surface area contributed by atoms with Gasteiger partial charge in [0, 0.05) is 19.2 Å². The molecule has 1 heterocycles. The maximum absolute atomic E-state index is 11.6. The van der Waals surface area contributed by atoms with Gasteiger partial charge in [-0.1, -0.05) is 38.3 Å². The molecular weight excluding hydrogens is 222 g/mol. The van der Waals surface area contributed by atoms with E-state index in [4.69, 9.17) is 0 Å². The van der Waals surface area contributed by atoms with Crippen LogP contribution in [0.3, 0.4) is 0 Å². The Labute approximate surface area is 110 Å². The Morgan fingerprint density at radius 3 is 2.83 bits per heavy atom. The normalized spacial score (nSPS) is 14.8. The summed E-state index contributed by atoms with van der Waals surface area (Å²) in [7, 11) is 1.87. The predicted molar refractivity (Wildman–Crippen MR) is 75.7 cm³/mol. The van der Waals surface area contributed by atoms with Gasteiger partial charge in [-0.2, -0.15) is 0 Å². The van der Waals surface area contributed by atoms with Crippen LogP contribution in [0.2, 0.25) is 0 Å². The molecule has 0 saturated carbocycles. The summed E-state index contributed by atoms with van der Waals surface area (Å²) < 4.78 is 0. The van der Waals surface area contributed by atoms with Gasteiger partial charge in [0.15, 0.2) is 0 Å². The van der Waals surface area contributed by atoms with Crippen LogP contribution in [-0.2, 0) is 17.6 Å². The third kappa shape index (κ3) is 2.92. The number of fused-ring (bicyclic) bond motifs is 1. The molecule has 0 saturated heterocycles. The molecule has 0 fully saturated rings. The summed E-state index contributed by atoms with van der Waals surface area (Å²) in [5, 5.41) is 0. The average molecular weight is 244 g/mol. The van der Waals surface area contributed by atoms with Crippen LogP contribution in [0.5, 0.6) is 0 Å². The highest BCUT2D eigenvalue weighted by molar-refractivity contribution is 5.95. The second kappa shape index (κ2) is 6.03. The van der Waals surface area contributed by atoms with Gasteiger partial charge in [0.05, 0.1) is 0 Å². The number of hydrogen-bond donors (Lipinski definition) is 0. The van der Waals surface area contributed by atoms with Crippen molar-refractivity contribution >= 4 is 11.6 Å². The minimum Gasteiger partial charge on any atom is -0.315 e. The first kappa shape index (κ1) is 13.1. The Morgan fingerprint density at radius 1 is 1.22 bits per heavy atom. The lowest BCUT2D eigenvalue weighted by atomic mass is 9.97. The smallest absolute Gasteiger partial charge is 0.227 e. The highest BCUT2D eigenvalue weighted by Crippen LogP contribution is 2.28. The zero-order valence-corrected chi connectivity index (χ0v) is 11.2. The molecular formula is C16H22NO. The van der Waals surface area contributed by atoms with E-state index in [2.05, 4.69) is 25.1 Å². The van der Waals surface area contributed by atoms with Crippen LogP contribution in [-0.4, -0.2) is 13.0 Å². The molecule has 0 unspecified atom stereocenters. The minimum atomic E-state index is 0.227. The topological polar surface area (TPSA) is 20.3 Å². The van der Waals surface area contributed by atoms with E-state index in [0.29, 0.717) is 6.42 Å². The van der Waals surface area contributed by atoms with Crippen molar-refractivity contribution in [2.24, 2.45) is 0 Å². The zero-order valence-electron chi connectivity index (χ0n) is 11.2. The molecule has 0 N–H and O–H groups in total. The molecule has 1 aromatic carbocycles. The fourth-order valence-electron chi connectivity index (χ4n) is 2.55. The molecule has 18 heavy (non-hydrogen) atoms. The van der Waals surface area contributed by atoms with Crippen molar-refractivity contribution in [1.82, 2.24) is 0 Å². The van der Waals surface area contributed by atoms with E-state index in [1.165, 1.54) is 30.4 Å². The fourth-order valence-corrected chi connectivity index (χ4v) is 2.55. The molecule has 1 aliphatic rings. The lowest BCUT2D eigenvalue weighted by Crippen LogP contribution is -2.31. The quantitative estimate of drug-likeness (QED) is 0.726. The molecule has 0 spiro atoms. The number of aryl methyl sites for hydroxylation is 2. The van der Waals surface area contributed by atoms with Crippen LogP contribution in [0.25, 0.3) is 0 Å². The third-order valence-electron chi connectivity index (χ3n) is 3.70. The molecule has 1 radical (unpaired) electrons. The van der Waals surface area contributed by atoms with Crippen molar-refractivity contribution in [2.45, 2.75) is 44.9 Å². The molecule has 2 nitrogen and oxygen atoms in total. The molecule has 0 aliphatic carbocycles. The monoisotopic (exact) mass is 244 g/mol. The molecule has 0 atom stereocenters. The number of carbonyl (C=O) groups is 1. The third-order valence-corrected chi connectivity index (χ3v) is 3.70. The number of anilines is 1. The molecule has 1 aliphatic heterocycles. The van der Waals surface area contributed by atoms with Crippen LogP contribution < -0.4 is 4.90 Å². The maximum atomic E-state index is 11.6. The van der Waals surface area contributed by atoms with Crippen molar-refractivity contribution in [3.8, 4) is 0 Å². The SMILES string of the molecule is [CH2]CCCCCc1ccc2c(c1)CCC(=O)N2C. The molecule has 0 bridgehead atoms. The van der Waals surface area contributed by atoms with E-state index in [0.717, 1.165) is 24.9 Å². The number of benzene rings is 1. The van der Waals surface area contributed by atoms with Crippen molar-refractivity contribution in [1.29, 1.82) is 0 Å². The number of nitrogens with zero attached hydrogens (tertiary/aromatic N) is 1. The lowest BCUT2D eigenvalue weighted by Gasteiger charge is -2.26. The first-order valence-corrected chi connectivity index (χ1v) is 6.90. The van der Waals surface area contributed by atoms with Crippen molar-refractivity contribution in [3.63, 3.8) is 0 Å². The first-order valence-electron chi connectivity index (χ1n) is 6.90. The minimum absolute atomic E-state index is 0.227. The largest absolute Gasteiger partial charge is 0.315 e. The van der Waals surface area contributed by atoms with Crippen LogP contribution in [0, 0.1) is 6.92 Å². The predicted octanol–water partition coefficient (Wildman–Crippen LogP) is 3.53. The van der Waals surface area contributed by atoms with Gasteiger partial charge in [0.2, 0.25) is 5.91 Å². The van der Waals surface area contributed by atoms with Gasteiger partial charge in [-0.05, 0) is 36.5 Å². The summed E-state index contributed by atoms with van der Waals surface area (Å²) in [5.41, 5.74) is 3.82. The van der Waals surface area contributed by atoms with Gasteiger partial charge in [-0.25, -0.2) is 0 Å². The second-order valence-corrected chi connectivity index (χ2v) is 5.08. The highest BCUT2D eigenvalue weighted by Gasteiger charge is 2.20. The molecule has 2 heteroatoms. The van der Waals surface area contributed by atoms with Crippen LogP contribution in [0.4, 0.5) is 5.69 Å². The first-order chi connectivity index (χ1) is 8.72. The van der Waals surface area contributed by atoms with E-state index in [-0.39, 0.29) is 5.91 Å². The van der Waals surface area contributed by atoms with E-state index in [9.17, 15) is 4.79 Å². The van der Waals surface area contributed by atoms with E-state index >= 15 is 0 Å². The lowest BCUT2D eigenvalue weighted by molar-refractivity contribution is -0.118. The summed E-state index contributed by atoms with van der Waals surface area (Å²) in [6.07, 6.45) is 7.45. The van der Waals surface area contributed by atoms with Crippen molar-refractivity contribution in [2.75, 3.05) is 11.9 Å². The van der Waals surface area contributed by atoms with Crippen LogP contribution >= 0.6 is 0 Å². The van der Waals surface area contributed by atoms with Gasteiger partial charge in [-0.3, -0.25) is 4.79 Å². The highest BCUT2D eigenvalue weighted by atomic mass is 16.2. The fraction of sp³-hybridized carbons (Fsp3) is 0.500. The number of rotatable bonds is 5. The average Bonchev–Trinajstić information content (AvgIpc) is 2.39. The molecule has 1 aromatic rings. The number of carbonyl (C=O) groups excluding carboxylic acids is 1. The standard InChI is InChI=1S/C16H22NO/c1-3-4-5-6-7-13-8-10-15-14(12-13)9-11-16(18)17(15)2/h8,10,12H,1,3-7,9,11H2,2H3. The number of amides is 1. The van der Waals surface area contributed by atoms with Crippen molar-refractivity contribution in [3.05, 3.63) is 36.2 Å². The van der Waals surface area contributed by atoms with Gasteiger partial charge < -0.3 is 4.90 Å². The summed E-state index contributed by atoms with van der Waals surface area (Å²) in [6, 6.07) is 6.55. The van der Waals surface area contributed by atoms with E-state index in [1.54, 1.807) is 4.90 Å². The summed E-state index contributed by atoms with van der Waals surface area (Å²) in [6.45, 7) is 3.87. The van der Waals surface area contributed by atoms with Crippen LogP contribution in [0.15, 0.2) is 18.2 Å². The van der Waals surface area contributed by atoms with Gasteiger partial charge in [-0.15, -0.1) is 0 Å². The molecule has 2 rings (SSSR count). The van der Waals surface area contributed by atoms with E-state index < -0.39 is 0 Å². The molecule has 1 amide bonds. The molecule has 0 aromatic heterocycles. The van der Waals surface area contributed by atoms with Crippen LogP contribution in [0.1, 0.15) is 43.2 Å². The van der Waals surface area contributed by atoms with E-state index in [1.807, 2.05) is 7.05 Å². The number of unbranched alkanes of at least 4 members (excludes halogenated alkanes) is 3. The van der Waals surface area contributed by atoms with Crippen molar-refractivity contribution < 1.29 is 4.79 Å². The Kier molecular flexibility index (Phi) is 4.40. The van der Waals surface area contributed by atoms with Gasteiger partial charge >= 0.3 is 0 Å². The Bertz CT molecular complexity index is 425. The molecule has 97 valence electrons. The van der Waals surface area contributed by atoms with Gasteiger partial charge in [0.25, 0.3) is 0 Å².